The second kappa shape index (κ2) is 4.88. The molecule has 2 nitrogen and oxygen atoms in total. The van der Waals surface area contributed by atoms with Gasteiger partial charge in [0.2, 0.25) is 0 Å². The molecule has 2 atom stereocenters. The van der Waals surface area contributed by atoms with Crippen LogP contribution in [0.4, 0.5) is 5.69 Å². The molecule has 19 heavy (non-hydrogen) atoms. The van der Waals surface area contributed by atoms with Crippen molar-refractivity contribution in [3.8, 4) is 0 Å². The molecule has 0 heterocycles. The van der Waals surface area contributed by atoms with E-state index in [1.165, 1.54) is 5.56 Å². The second-order valence-corrected chi connectivity index (χ2v) is 5.25. The summed E-state index contributed by atoms with van der Waals surface area (Å²) in [6.45, 7) is 0. The highest BCUT2D eigenvalue weighted by Crippen LogP contribution is 2.48. The molecule has 0 spiro atoms. The number of nitrogen functional groups attached to an aromatic ring is 1. The average molecular weight is 251 g/mol. The smallest absolute Gasteiger partial charge is 0.140 e. The summed E-state index contributed by atoms with van der Waals surface area (Å²) >= 11 is 0. The van der Waals surface area contributed by atoms with Crippen molar-refractivity contribution in [2.24, 2.45) is 5.92 Å². The van der Waals surface area contributed by atoms with Gasteiger partial charge in [-0.05, 0) is 35.6 Å². The van der Waals surface area contributed by atoms with Gasteiger partial charge < -0.3 is 5.73 Å². The number of hydrogen-bond donors (Lipinski definition) is 1. The summed E-state index contributed by atoms with van der Waals surface area (Å²) < 4.78 is 0. The number of Topliss-reactive ketones (excluding diaryl/α,β-unsaturated/α-hetero) is 1. The molecule has 2 unspecified atom stereocenters. The molecule has 2 aromatic rings. The Labute approximate surface area is 113 Å². The Morgan fingerprint density at radius 2 is 1.89 bits per heavy atom. The lowest BCUT2D eigenvalue weighted by Gasteiger charge is -2.02. The molecule has 0 amide bonds. The van der Waals surface area contributed by atoms with Crippen molar-refractivity contribution in [1.82, 2.24) is 0 Å². The highest BCUT2D eigenvalue weighted by molar-refractivity contribution is 5.87. The number of nitrogens with two attached hydrogens (primary N) is 1. The fourth-order valence-corrected chi connectivity index (χ4v) is 2.65. The van der Waals surface area contributed by atoms with Gasteiger partial charge in [-0.2, -0.15) is 0 Å². The molecule has 0 radical (unpaired) electrons. The van der Waals surface area contributed by atoms with E-state index in [-0.39, 0.29) is 5.92 Å². The third-order valence-corrected chi connectivity index (χ3v) is 3.76. The average Bonchev–Trinajstić information content (AvgIpc) is 3.20. The highest BCUT2D eigenvalue weighted by Gasteiger charge is 2.43. The molecule has 1 aliphatic rings. The van der Waals surface area contributed by atoms with Crippen molar-refractivity contribution >= 4 is 11.5 Å². The zero-order valence-electron chi connectivity index (χ0n) is 10.8. The number of carbonyl (C=O) groups is 1. The van der Waals surface area contributed by atoms with Crippen LogP contribution in [0.25, 0.3) is 0 Å². The van der Waals surface area contributed by atoms with Crippen LogP contribution < -0.4 is 5.73 Å². The predicted molar refractivity (Wildman–Crippen MR) is 76.9 cm³/mol. The first kappa shape index (κ1) is 12.0. The van der Waals surface area contributed by atoms with E-state index in [4.69, 9.17) is 5.73 Å². The quantitative estimate of drug-likeness (QED) is 0.848. The molecule has 0 aromatic heterocycles. The van der Waals surface area contributed by atoms with Gasteiger partial charge in [-0.25, -0.2) is 0 Å². The van der Waals surface area contributed by atoms with Gasteiger partial charge in [0.15, 0.2) is 0 Å². The first-order chi connectivity index (χ1) is 9.24. The SMILES string of the molecule is Nc1cccc(CC(=O)C2CC2c2ccccc2)c1. The highest BCUT2D eigenvalue weighted by atomic mass is 16.1. The molecule has 1 fully saturated rings. The third-order valence-electron chi connectivity index (χ3n) is 3.76. The first-order valence-corrected chi connectivity index (χ1v) is 6.66. The van der Waals surface area contributed by atoms with Crippen LogP contribution in [0.2, 0.25) is 0 Å². The van der Waals surface area contributed by atoms with E-state index in [0.717, 1.165) is 17.7 Å². The second-order valence-electron chi connectivity index (χ2n) is 5.25. The van der Waals surface area contributed by atoms with Crippen LogP contribution in [0.5, 0.6) is 0 Å². The zero-order chi connectivity index (χ0) is 13.2. The summed E-state index contributed by atoms with van der Waals surface area (Å²) in [5.74, 6) is 0.957. The van der Waals surface area contributed by atoms with Crippen LogP contribution in [0.1, 0.15) is 23.5 Å². The van der Waals surface area contributed by atoms with Crippen molar-refractivity contribution in [3.05, 3.63) is 65.7 Å². The summed E-state index contributed by atoms with van der Waals surface area (Å²) in [6.07, 6.45) is 1.49. The van der Waals surface area contributed by atoms with E-state index >= 15 is 0 Å². The standard InChI is InChI=1S/C17H17NO/c18-14-8-4-5-12(9-14)10-17(19)16-11-15(16)13-6-2-1-3-7-13/h1-9,15-16H,10-11,18H2. The van der Waals surface area contributed by atoms with Crippen molar-refractivity contribution < 1.29 is 4.79 Å². The van der Waals surface area contributed by atoms with Crippen LogP contribution in [-0.4, -0.2) is 5.78 Å². The number of ketones is 1. The molecule has 0 aliphatic heterocycles. The molecule has 0 bridgehead atoms. The molecule has 96 valence electrons. The van der Waals surface area contributed by atoms with Crippen LogP contribution in [0.15, 0.2) is 54.6 Å². The van der Waals surface area contributed by atoms with E-state index in [1.54, 1.807) is 0 Å². The van der Waals surface area contributed by atoms with Gasteiger partial charge in [0.05, 0.1) is 0 Å². The predicted octanol–water partition coefficient (Wildman–Crippen LogP) is 3.18. The Morgan fingerprint density at radius 1 is 1.11 bits per heavy atom. The summed E-state index contributed by atoms with van der Waals surface area (Å²) in [7, 11) is 0. The van der Waals surface area contributed by atoms with E-state index in [1.807, 2.05) is 42.5 Å². The van der Waals surface area contributed by atoms with E-state index < -0.39 is 0 Å². The maximum absolute atomic E-state index is 12.2. The molecular formula is C17H17NO. The molecule has 2 aromatic carbocycles. The number of benzene rings is 2. The van der Waals surface area contributed by atoms with Crippen molar-refractivity contribution in [2.45, 2.75) is 18.8 Å². The van der Waals surface area contributed by atoms with E-state index in [0.29, 0.717) is 18.1 Å². The number of carbonyl (C=O) groups excluding carboxylic acids is 1. The lowest BCUT2D eigenvalue weighted by atomic mass is 10.0. The van der Waals surface area contributed by atoms with Crippen molar-refractivity contribution in [1.29, 1.82) is 0 Å². The van der Waals surface area contributed by atoms with Crippen LogP contribution in [0, 0.1) is 5.92 Å². The van der Waals surface area contributed by atoms with E-state index in [9.17, 15) is 4.79 Å². The molecule has 3 rings (SSSR count). The summed E-state index contributed by atoms with van der Waals surface area (Å²) in [5, 5.41) is 0. The summed E-state index contributed by atoms with van der Waals surface area (Å²) in [5.41, 5.74) is 8.76. The first-order valence-electron chi connectivity index (χ1n) is 6.66. The van der Waals surface area contributed by atoms with E-state index in [2.05, 4.69) is 12.1 Å². The van der Waals surface area contributed by atoms with Gasteiger partial charge in [-0.15, -0.1) is 0 Å². The molecular weight excluding hydrogens is 234 g/mol. The number of rotatable bonds is 4. The van der Waals surface area contributed by atoms with Crippen LogP contribution >= 0.6 is 0 Å². The van der Waals surface area contributed by atoms with Crippen LogP contribution in [0.3, 0.4) is 0 Å². The Morgan fingerprint density at radius 3 is 2.63 bits per heavy atom. The maximum Gasteiger partial charge on any atom is 0.140 e. The fourth-order valence-electron chi connectivity index (χ4n) is 2.65. The third kappa shape index (κ3) is 2.68. The lowest BCUT2D eigenvalue weighted by molar-refractivity contribution is -0.119. The van der Waals surface area contributed by atoms with Gasteiger partial charge >= 0.3 is 0 Å². The largest absolute Gasteiger partial charge is 0.399 e. The van der Waals surface area contributed by atoms with Gasteiger partial charge in [-0.1, -0.05) is 42.5 Å². The zero-order valence-corrected chi connectivity index (χ0v) is 10.8. The van der Waals surface area contributed by atoms with Crippen LogP contribution in [-0.2, 0) is 11.2 Å². The Kier molecular flexibility index (Phi) is 3.08. The normalized spacial score (nSPS) is 21.1. The minimum Gasteiger partial charge on any atom is -0.399 e. The Bertz CT molecular complexity index is 591. The Hall–Kier alpha value is -2.09. The molecule has 0 saturated heterocycles. The molecule has 2 heteroatoms. The maximum atomic E-state index is 12.2. The van der Waals surface area contributed by atoms with Crippen molar-refractivity contribution in [3.63, 3.8) is 0 Å². The van der Waals surface area contributed by atoms with Gasteiger partial charge in [0.25, 0.3) is 0 Å². The summed E-state index contributed by atoms with van der Waals surface area (Å²) in [6, 6.07) is 17.9. The van der Waals surface area contributed by atoms with Crippen molar-refractivity contribution in [2.75, 3.05) is 5.73 Å². The topological polar surface area (TPSA) is 43.1 Å². The minimum absolute atomic E-state index is 0.198. The fraction of sp³-hybridized carbons (Fsp3) is 0.235. The monoisotopic (exact) mass is 251 g/mol. The molecule has 2 N–H and O–H groups in total. The molecule has 1 aliphatic carbocycles. The number of anilines is 1. The van der Waals surface area contributed by atoms with Gasteiger partial charge in [0.1, 0.15) is 5.78 Å². The van der Waals surface area contributed by atoms with Gasteiger partial charge in [-0.3, -0.25) is 4.79 Å². The summed E-state index contributed by atoms with van der Waals surface area (Å²) in [4.78, 5) is 12.2. The minimum atomic E-state index is 0.198. The Balaban J connectivity index is 1.64. The molecule has 1 saturated carbocycles. The lowest BCUT2D eigenvalue weighted by Crippen LogP contribution is -2.06. The number of hydrogen-bond acceptors (Lipinski definition) is 2. The van der Waals surface area contributed by atoms with Gasteiger partial charge in [0, 0.05) is 18.0 Å².